The first-order valence-corrected chi connectivity index (χ1v) is 9.46. The van der Waals surface area contributed by atoms with Crippen LogP contribution in [0.4, 0.5) is 0 Å². The standard InChI is InChI=1S/C19H35N5/c1-7-20-19(21-12-18-14(4)23-24(6)15(18)5)22-17-10-8-16(9-11-17)13(2)3/h13,16-17H,7-12H2,1-6H3,(H2,20,21,22). The van der Waals surface area contributed by atoms with Gasteiger partial charge in [-0.25, -0.2) is 4.99 Å². The molecule has 1 aromatic heterocycles. The lowest BCUT2D eigenvalue weighted by Crippen LogP contribution is -2.45. The molecule has 0 aromatic carbocycles. The van der Waals surface area contributed by atoms with Crippen molar-refractivity contribution in [1.82, 2.24) is 20.4 Å². The Morgan fingerprint density at radius 3 is 2.42 bits per heavy atom. The van der Waals surface area contributed by atoms with Gasteiger partial charge in [-0.2, -0.15) is 5.10 Å². The largest absolute Gasteiger partial charge is 0.357 e. The zero-order valence-corrected chi connectivity index (χ0v) is 16.3. The molecule has 1 aromatic rings. The molecule has 0 amide bonds. The van der Waals surface area contributed by atoms with E-state index < -0.39 is 0 Å². The van der Waals surface area contributed by atoms with Gasteiger partial charge in [0.1, 0.15) is 0 Å². The molecule has 24 heavy (non-hydrogen) atoms. The Morgan fingerprint density at radius 1 is 1.25 bits per heavy atom. The second-order valence-corrected chi connectivity index (χ2v) is 7.47. The number of aromatic nitrogens is 2. The average molecular weight is 334 g/mol. The number of rotatable bonds is 5. The molecule has 1 aliphatic rings. The van der Waals surface area contributed by atoms with Gasteiger partial charge in [-0.15, -0.1) is 0 Å². The van der Waals surface area contributed by atoms with Crippen molar-refractivity contribution in [2.75, 3.05) is 6.54 Å². The molecule has 136 valence electrons. The molecule has 5 nitrogen and oxygen atoms in total. The number of hydrogen-bond donors (Lipinski definition) is 2. The third-order valence-corrected chi connectivity index (χ3v) is 5.45. The highest BCUT2D eigenvalue weighted by atomic mass is 15.3. The highest BCUT2D eigenvalue weighted by Crippen LogP contribution is 2.29. The molecule has 1 aliphatic carbocycles. The van der Waals surface area contributed by atoms with Crippen molar-refractivity contribution in [2.24, 2.45) is 23.9 Å². The van der Waals surface area contributed by atoms with Crippen molar-refractivity contribution in [1.29, 1.82) is 0 Å². The van der Waals surface area contributed by atoms with Gasteiger partial charge in [0, 0.05) is 30.9 Å². The maximum absolute atomic E-state index is 4.81. The van der Waals surface area contributed by atoms with Gasteiger partial charge < -0.3 is 10.6 Å². The maximum atomic E-state index is 4.81. The van der Waals surface area contributed by atoms with Crippen LogP contribution in [0.25, 0.3) is 0 Å². The van der Waals surface area contributed by atoms with E-state index in [9.17, 15) is 0 Å². The first-order valence-electron chi connectivity index (χ1n) is 9.46. The Morgan fingerprint density at radius 2 is 1.92 bits per heavy atom. The van der Waals surface area contributed by atoms with Gasteiger partial charge in [-0.3, -0.25) is 4.68 Å². The normalized spacial score (nSPS) is 22.0. The van der Waals surface area contributed by atoms with Crippen LogP contribution in [0.5, 0.6) is 0 Å². The van der Waals surface area contributed by atoms with Crippen LogP contribution < -0.4 is 10.6 Å². The van der Waals surface area contributed by atoms with Crippen LogP contribution in [0.15, 0.2) is 4.99 Å². The molecule has 0 atom stereocenters. The molecule has 0 bridgehead atoms. The Bertz CT molecular complexity index is 550. The zero-order chi connectivity index (χ0) is 17.7. The molecule has 0 radical (unpaired) electrons. The lowest BCUT2D eigenvalue weighted by Gasteiger charge is -2.32. The van der Waals surface area contributed by atoms with Gasteiger partial charge in [0.05, 0.1) is 12.2 Å². The van der Waals surface area contributed by atoms with E-state index in [2.05, 4.69) is 50.4 Å². The summed E-state index contributed by atoms with van der Waals surface area (Å²) in [6, 6.07) is 0.550. The predicted molar refractivity (Wildman–Crippen MR) is 101 cm³/mol. The molecule has 5 heteroatoms. The van der Waals surface area contributed by atoms with Gasteiger partial charge in [0.2, 0.25) is 0 Å². The molecule has 0 saturated heterocycles. The molecule has 1 heterocycles. The second-order valence-electron chi connectivity index (χ2n) is 7.47. The topological polar surface area (TPSA) is 54.2 Å². The fraction of sp³-hybridized carbons (Fsp3) is 0.789. The lowest BCUT2D eigenvalue weighted by atomic mass is 9.80. The summed E-state index contributed by atoms with van der Waals surface area (Å²) in [5, 5.41) is 11.5. The Labute approximate surface area is 147 Å². The van der Waals surface area contributed by atoms with E-state index in [0.717, 1.165) is 30.0 Å². The highest BCUT2D eigenvalue weighted by Gasteiger charge is 2.23. The minimum absolute atomic E-state index is 0.550. The summed E-state index contributed by atoms with van der Waals surface area (Å²) in [7, 11) is 1.99. The monoisotopic (exact) mass is 333 g/mol. The summed E-state index contributed by atoms with van der Waals surface area (Å²) >= 11 is 0. The van der Waals surface area contributed by atoms with Crippen molar-refractivity contribution in [3.8, 4) is 0 Å². The summed E-state index contributed by atoms with van der Waals surface area (Å²) in [5.41, 5.74) is 3.51. The SMILES string of the molecule is CCNC(=NCc1c(C)nn(C)c1C)NC1CCC(C(C)C)CC1. The molecule has 0 aliphatic heterocycles. The number of hydrogen-bond acceptors (Lipinski definition) is 2. The van der Waals surface area contributed by atoms with Crippen molar-refractivity contribution in [2.45, 2.75) is 72.9 Å². The number of aryl methyl sites for hydroxylation is 2. The summed E-state index contributed by atoms with van der Waals surface area (Å²) in [5.74, 6) is 2.64. The van der Waals surface area contributed by atoms with Gasteiger partial charge in [0.25, 0.3) is 0 Å². The number of nitrogens with zero attached hydrogens (tertiary/aromatic N) is 3. The number of guanidine groups is 1. The van der Waals surface area contributed by atoms with Gasteiger partial charge in [-0.1, -0.05) is 13.8 Å². The highest BCUT2D eigenvalue weighted by molar-refractivity contribution is 5.80. The summed E-state index contributed by atoms with van der Waals surface area (Å²) in [6.07, 6.45) is 5.15. The fourth-order valence-electron chi connectivity index (χ4n) is 3.65. The summed E-state index contributed by atoms with van der Waals surface area (Å²) < 4.78 is 1.94. The third kappa shape index (κ3) is 4.74. The van der Waals surface area contributed by atoms with Gasteiger partial charge in [0.15, 0.2) is 5.96 Å². The first kappa shape index (κ1) is 18.8. The molecule has 0 spiro atoms. The average Bonchev–Trinajstić information content (AvgIpc) is 2.78. The molecule has 1 fully saturated rings. The van der Waals surface area contributed by atoms with Gasteiger partial charge in [-0.05, 0) is 58.3 Å². The molecular formula is C19H35N5. The van der Waals surface area contributed by atoms with Crippen LogP contribution in [-0.4, -0.2) is 28.3 Å². The van der Waals surface area contributed by atoms with Crippen molar-refractivity contribution in [3.63, 3.8) is 0 Å². The Balaban J connectivity index is 1.96. The fourth-order valence-corrected chi connectivity index (χ4v) is 3.65. The van der Waals surface area contributed by atoms with E-state index in [1.807, 2.05) is 11.7 Å². The number of nitrogens with one attached hydrogen (secondary N) is 2. The van der Waals surface area contributed by atoms with Crippen LogP contribution in [0.3, 0.4) is 0 Å². The van der Waals surface area contributed by atoms with Crippen LogP contribution in [0, 0.1) is 25.7 Å². The minimum atomic E-state index is 0.550. The molecule has 2 N–H and O–H groups in total. The zero-order valence-electron chi connectivity index (χ0n) is 16.3. The molecular weight excluding hydrogens is 298 g/mol. The quantitative estimate of drug-likeness (QED) is 0.642. The van der Waals surface area contributed by atoms with Crippen LogP contribution >= 0.6 is 0 Å². The minimum Gasteiger partial charge on any atom is -0.357 e. The van der Waals surface area contributed by atoms with E-state index in [4.69, 9.17) is 4.99 Å². The van der Waals surface area contributed by atoms with E-state index in [1.165, 1.54) is 36.9 Å². The van der Waals surface area contributed by atoms with E-state index in [1.54, 1.807) is 0 Å². The Hall–Kier alpha value is -1.52. The van der Waals surface area contributed by atoms with E-state index in [0.29, 0.717) is 12.6 Å². The smallest absolute Gasteiger partial charge is 0.191 e. The summed E-state index contributed by atoms with van der Waals surface area (Å²) in [4.78, 5) is 4.81. The predicted octanol–water partition coefficient (Wildman–Crippen LogP) is 3.31. The number of aliphatic imine (C=N–C) groups is 1. The molecule has 1 saturated carbocycles. The third-order valence-electron chi connectivity index (χ3n) is 5.45. The van der Waals surface area contributed by atoms with Crippen LogP contribution in [0.1, 0.15) is 63.4 Å². The first-order chi connectivity index (χ1) is 11.4. The van der Waals surface area contributed by atoms with Crippen molar-refractivity contribution < 1.29 is 0 Å². The Kier molecular flexibility index (Phi) is 6.69. The molecule has 0 unspecified atom stereocenters. The van der Waals surface area contributed by atoms with E-state index >= 15 is 0 Å². The van der Waals surface area contributed by atoms with Crippen LogP contribution in [0.2, 0.25) is 0 Å². The molecule has 2 rings (SSSR count). The van der Waals surface area contributed by atoms with Crippen molar-refractivity contribution >= 4 is 5.96 Å². The lowest BCUT2D eigenvalue weighted by molar-refractivity contribution is 0.250. The van der Waals surface area contributed by atoms with Gasteiger partial charge >= 0.3 is 0 Å². The van der Waals surface area contributed by atoms with Crippen LogP contribution in [-0.2, 0) is 13.6 Å². The summed E-state index contributed by atoms with van der Waals surface area (Å²) in [6.45, 7) is 12.6. The van der Waals surface area contributed by atoms with E-state index in [-0.39, 0.29) is 0 Å². The van der Waals surface area contributed by atoms with Crippen molar-refractivity contribution in [3.05, 3.63) is 17.0 Å². The maximum Gasteiger partial charge on any atom is 0.191 e. The second kappa shape index (κ2) is 8.54.